The number of para-hydroxylation sites is 1. The summed E-state index contributed by atoms with van der Waals surface area (Å²) in [5.41, 5.74) is -0.987. The molecule has 0 fully saturated rings. The first kappa shape index (κ1) is 21.7. The van der Waals surface area contributed by atoms with Crippen LogP contribution < -0.4 is 4.74 Å². The molecule has 3 aromatic rings. The first-order valence-electron chi connectivity index (χ1n) is 8.60. The maximum Gasteiger partial charge on any atom is 0.573 e. The zero-order valence-corrected chi connectivity index (χ0v) is 16.1. The van der Waals surface area contributed by atoms with Crippen LogP contribution in [0.1, 0.15) is 20.8 Å². The van der Waals surface area contributed by atoms with Crippen LogP contribution in [-0.4, -0.2) is 47.4 Å². The van der Waals surface area contributed by atoms with Crippen LogP contribution >= 0.6 is 0 Å². The molecule has 1 aromatic heterocycles. The summed E-state index contributed by atoms with van der Waals surface area (Å²) in [6, 6.07) is 10.8. The van der Waals surface area contributed by atoms with E-state index in [1.54, 1.807) is 30.3 Å². The van der Waals surface area contributed by atoms with Gasteiger partial charge in [0.15, 0.2) is 5.69 Å². The van der Waals surface area contributed by atoms with E-state index in [2.05, 4.69) is 9.84 Å². The van der Waals surface area contributed by atoms with E-state index in [1.165, 1.54) is 0 Å². The summed E-state index contributed by atoms with van der Waals surface area (Å²) < 4.78 is 52.4. The van der Waals surface area contributed by atoms with Gasteiger partial charge in [0.25, 0.3) is 0 Å². The highest BCUT2D eigenvalue weighted by atomic mass is 19.4. The monoisotopic (exact) mass is 436 g/mol. The average molecular weight is 436 g/mol. The van der Waals surface area contributed by atoms with E-state index in [0.717, 1.165) is 37.1 Å². The molecule has 0 radical (unpaired) electrons. The lowest BCUT2D eigenvalue weighted by Gasteiger charge is -2.11. The van der Waals surface area contributed by atoms with E-state index >= 15 is 0 Å². The lowest BCUT2D eigenvalue weighted by Crippen LogP contribution is -2.17. The van der Waals surface area contributed by atoms with Crippen LogP contribution in [0.15, 0.2) is 48.5 Å². The summed E-state index contributed by atoms with van der Waals surface area (Å²) in [5.74, 6) is -3.14. The molecule has 8 nitrogen and oxygen atoms in total. The number of phenolic OH excluding ortho intramolecular Hbond substituents is 1. The normalized spacial score (nSPS) is 11.1. The number of carbonyl (C=O) groups excluding carboxylic acids is 2. The van der Waals surface area contributed by atoms with Crippen LogP contribution in [0.5, 0.6) is 11.5 Å². The molecule has 1 N–H and O–H groups in total. The van der Waals surface area contributed by atoms with E-state index in [1.807, 2.05) is 0 Å². The van der Waals surface area contributed by atoms with Crippen LogP contribution in [0.3, 0.4) is 0 Å². The zero-order chi connectivity index (χ0) is 22.8. The maximum absolute atomic E-state index is 12.6. The van der Waals surface area contributed by atoms with Gasteiger partial charge in [0.2, 0.25) is 0 Å². The molecular formula is C20H15F3N2O6. The summed E-state index contributed by atoms with van der Waals surface area (Å²) >= 11 is 0. The Kier molecular flexibility index (Phi) is 5.86. The molecule has 0 aliphatic carbocycles. The number of carbonyl (C=O) groups is 2. The molecular weight excluding hydrogens is 421 g/mol. The molecule has 0 saturated carbocycles. The molecule has 2 aromatic carbocycles. The van der Waals surface area contributed by atoms with Crippen molar-refractivity contribution in [2.75, 3.05) is 14.2 Å². The number of alkyl halides is 3. The molecule has 0 aliphatic heterocycles. The Bertz CT molecular complexity index is 1130. The number of halogens is 3. The highest BCUT2D eigenvalue weighted by Gasteiger charge is 2.34. The summed E-state index contributed by atoms with van der Waals surface area (Å²) in [5, 5.41) is 14.5. The number of aromatic nitrogens is 2. The number of ether oxygens (including phenoxy) is 3. The van der Waals surface area contributed by atoms with E-state index < -0.39 is 35.4 Å². The highest BCUT2D eigenvalue weighted by molar-refractivity contribution is 6.07. The summed E-state index contributed by atoms with van der Waals surface area (Å²) in [6.45, 7) is 0. The minimum Gasteiger partial charge on any atom is -0.507 e. The molecule has 0 atom stereocenters. The zero-order valence-electron chi connectivity index (χ0n) is 16.1. The van der Waals surface area contributed by atoms with Gasteiger partial charge in [-0.3, -0.25) is 0 Å². The van der Waals surface area contributed by atoms with Crippen molar-refractivity contribution < 1.29 is 42.1 Å². The van der Waals surface area contributed by atoms with Gasteiger partial charge in [-0.2, -0.15) is 5.10 Å². The Morgan fingerprint density at radius 3 is 2.23 bits per heavy atom. The summed E-state index contributed by atoms with van der Waals surface area (Å²) in [4.78, 5) is 25.0. The van der Waals surface area contributed by atoms with Gasteiger partial charge < -0.3 is 19.3 Å². The van der Waals surface area contributed by atoms with Gasteiger partial charge in [0.05, 0.1) is 19.9 Å². The Morgan fingerprint density at radius 2 is 1.65 bits per heavy atom. The largest absolute Gasteiger partial charge is 0.573 e. The SMILES string of the molecule is COC(=O)c1c(-c2cc(OC(F)(F)F)ccc2O)nn(-c2ccccc2)c1C(=O)OC. The van der Waals surface area contributed by atoms with Gasteiger partial charge in [0.1, 0.15) is 22.8 Å². The fourth-order valence-corrected chi connectivity index (χ4v) is 2.85. The quantitative estimate of drug-likeness (QED) is 0.609. The number of methoxy groups -OCH3 is 2. The molecule has 0 unspecified atom stereocenters. The second-order valence-electron chi connectivity index (χ2n) is 6.03. The van der Waals surface area contributed by atoms with Crippen LogP contribution in [0, 0.1) is 0 Å². The first-order valence-corrected chi connectivity index (χ1v) is 8.60. The Balaban J connectivity index is 2.33. The number of hydrogen-bond acceptors (Lipinski definition) is 7. The molecule has 1 heterocycles. The molecule has 31 heavy (non-hydrogen) atoms. The van der Waals surface area contributed by atoms with E-state index in [9.17, 15) is 27.9 Å². The Labute approximate surface area is 173 Å². The van der Waals surface area contributed by atoms with Crippen molar-refractivity contribution >= 4 is 11.9 Å². The fraction of sp³-hybridized carbons (Fsp3) is 0.150. The summed E-state index contributed by atoms with van der Waals surface area (Å²) in [6.07, 6.45) is -4.99. The van der Waals surface area contributed by atoms with Crippen molar-refractivity contribution in [3.63, 3.8) is 0 Å². The van der Waals surface area contributed by atoms with Crippen molar-refractivity contribution in [3.05, 3.63) is 59.8 Å². The number of esters is 2. The van der Waals surface area contributed by atoms with Crippen molar-refractivity contribution in [1.82, 2.24) is 9.78 Å². The molecule has 0 amide bonds. The van der Waals surface area contributed by atoms with Crippen LogP contribution in [0.4, 0.5) is 13.2 Å². The third-order valence-corrected chi connectivity index (χ3v) is 4.11. The molecule has 3 rings (SSSR count). The van der Waals surface area contributed by atoms with Gasteiger partial charge in [-0.1, -0.05) is 18.2 Å². The lowest BCUT2D eigenvalue weighted by atomic mass is 10.0. The van der Waals surface area contributed by atoms with Gasteiger partial charge >= 0.3 is 18.3 Å². The lowest BCUT2D eigenvalue weighted by molar-refractivity contribution is -0.274. The molecule has 11 heteroatoms. The number of nitrogens with zero attached hydrogens (tertiary/aromatic N) is 2. The predicted octanol–water partition coefficient (Wildman–Crippen LogP) is 3.72. The first-order chi connectivity index (χ1) is 14.7. The number of aromatic hydroxyl groups is 1. The topological polar surface area (TPSA) is 99.9 Å². The van der Waals surface area contributed by atoms with Crippen molar-refractivity contribution in [3.8, 4) is 28.4 Å². The molecule has 0 saturated heterocycles. The minimum absolute atomic E-state index is 0.290. The smallest absolute Gasteiger partial charge is 0.507 e. The number of phenols is 1. The number of rotatable bonds is 5. The average Bonchev–Trinajstić information content (AvgIpc) is 3.14. The second-order valence-corrected chi connectivity index (χ2v) is 6.03. The molecule has 0 spiro atoms. The Morgan fingerprint density at radius 1 is 1.00 bits per heavy atom. The maximum atomic E-state index is 12.6. The van der Waals surface area contributed by atoms with Gasteiger partial charge in [-0.25, -0.2) is 14.3 Å². The predicted molar refractivity (Wildman–Crippen MR) is 100 cm³/mol. The minimum atomic E-state index is -4.99. The fourth-order valence-electron chi connectivity index (χ4n) is 2.85. The van der Waals surface area contributed by atoms with Gasteiger partial charge in [-0.05, 0) is 30.3 Å². The van der Waals surface area contributed by atoms with Crippen LogP contribution in [0.25, 0.3) is 16.9 Å². The Hall–Kier alpha value is -4.02. The molecule has 0 bridgehead atoms. The standard InChI is InChI=1S/C20H15F3N2O6/c1-29-18(27)15-16(13-10-12(8-9-14(13)26)31-20(21,22)23)24-25(17(15)19(28)30-2)11-6-4-3-5-7-11/h3-10,26H,1-2H3. The second kappa shape index (κ2) is 8.38. The molecule has 0 aliphatic rings. The third kappa shape index (κ3) is 4.44. The van der Waals surface area contributed by atoms with Gasteiger partial charge in [-0.15, -0.1) is 13.2 Å². The van der Waals surface area contributed by atoms with Gasteiger partial charge in [0, 0.05) is 5.56 Å². The third-order valence-electron chi connectivity index (χ3n) is 4.11. The van der Waals surface area contributed by atoms with Crippen molar-refractivity contribution in [2.24, 2.45) is 0 Å². The number of hydrogen-bond donors (Lipinski definition) is 1. The van der Waals surface area contributed by atoms with Crippen molar-refractivity contribution in [1.29, 1.82) is 0 Å². The van der Waals surface area contributed by atoms with Crippen LogP contribution in [0.2, 0.25) is 0 Å². The van der Waals surface area contributed by atoms with E-state index in [0.29, 0.717) is 5.69 Å². The summed E-state index contributed by atoms with van der Waals surface area (Å²) in [7, 11) is 2.14. The van der Waals surface area contributed by atoms with Crippen molar-refractivity contribution in [2.45, 2.75) is 6.36 Å². The van der Waals surface area contributed by atoms with E-state index in [-0.39, 0.29) is 17.0 Å². The van der Waals surface area contributed by atoms with E-state index in [4.69, 9.17) is 9.47 Å². The molecule has 162 valence electrons. The highest BCUT2D eigenvalue weighted by Crippen LogP contribution is 2.37. The van der Waals surface area contributed by atoms with Crippen LogP contribution in [-0.2, 0) is 9.47 Å². The number of benzene rings is 2.